The molecule has 0 amide bonds. The highest BCUT2D eigenvalue weighted by molar-refractivity contribution is 14.0. The zero-order valence-electron chi connectivity index (χ0n) is 13.7. The minimum atomic E-state index is -0.123. The first-order valence-corrected chi connectivity index (χ1v) is 7.22. The van der Waals surface area contributed by atoms with Crippen LogP contribution in [-0.4, -0.2) is 25.2 Å². The lowest BCUT2D eigenvalue weighted by Gasteiger charge is -2.21. The number of rotatable bonds is 5. The number of methoxy groups -OCH3 is 1. The Bertz CT molecular complexity index is 516. The van der Waals surface area contributed by atoms with Crippen molar-refractivity contribution in [1.82, 2.24) is 5.32 Å². The average molecular weight is 442 g/mol. The molecule has 0 fully saturated rings. The molecule has 0 bridgehead atoms. The number of nitrogens with zero attached hydrogens (tertiary/aromatic N) is 1. The average Bonchev–Trinajstić information content (AvgIpc) is 2.37. The van der Waals surface area contributed by atoms with E-state index in [4.69, 9.17) is 26.8 Å². The number of halogens is 2. The first-order chi connectivity index (χ1) is 9.76. The van der Waals surface area contributed by atoms with Gasteiger partial charge in [0.05, 0.1) is 25.3 Å². The molecule has 0 atom stereocenters. The minimum Gasteiger partial charge on any atom is -0.493 e. The van der Waals surface area contributed by atoms with Crippen LogP contribution >= 0.6 is 35.6 Å². The molecule has 0 aliphatic carbocycles. The van der Waals surface area contributed by atoms with Crippen LogP contribution in [0.5, 0.6) is 11.5 Å². The van der Waals surface area contributed by atoms with Crippen LogP contribution < -0.4 is 20.5 Å². The number of nitrogens with one attached hydrogen (secondary N) is 1. The van der Waals surface area contributed by atoms with Crippen molar-refractivity contribution in [2.75, 3.05) is 13.7 Å². The molecule has 0 aliphatic rings. The van der Waals surface area contributed by atoms with Crippen molar-refractivity contribution in [3.8, 4) is 11.5 Å². The van der Waals surface area contributed by atoms with E-state index >= 15 is 0 Å². The van der Waals surface area contributed by atoms with Crippen molar-refractivity contribution in [1.29, 1.82) is 0 Å². The minimum absolute atomic E-state index is 0. The molecule has 1 aromatic carbocycles. The third-order valence-electron chi connectivity index (χ3n) is 2.51. The molecular formula is C15H25ClIN3O2. The first kappa shape index (κ1) is 21.1. The SMILES string of the molecule is CCOc1c(Cl)cc(CN=C(N)NC(C)(C)C)cc1OC.I. The summed E-state index contributed by atoms with van der Waals surface area (Å²) in [6.45, 7) is 8.89. The van der Waals surface area contributed by atoms with Gasteiger partial charge in [-0.3, -0.25) is 0 Å². The summed E-state index contributed by atoms with van der Waals surface area (Å²) in [6, 6.07) is 3.66. The molecule has 0 aromatic heterocycles. The third kappa shape index (κ3) is 6.91. The summed E-state index contributed by atoms with van der Waals surface area (Å²) in [5.74, 6) is 1.54. The number of benzene rings is 1. The predicted octanol–water partition coefficient (Wildman–Crippen LogP) is 3.57. The van der Waals surface area contributed by atoms with Gasteiger partial charge in [-0.15, -0.1) is 24.0 Å². The van der Waals surface area contributed by atoms with Crippen LogP contribution in [0.3, 0.4) is 0 Å². The summed E-state index contributed by atoms with van der Waals surface area (Å²) in [5.41, 5.74) is 6.62. The Morgan fingerprint density at radius 1 is 1.36 bits per heavy atom. The van der Waals surface area contributed by atoms with Crippen molar-refractivity contribution in [3.63, 3.8) is 0 Å². The number of hydrogen-bond donors (Lipinski definition) is 2. The maximum atomic E-state index is 6.21. The fraction of sp³-hybridized carbons (Fsp3) is 0.533. The zero-order chi connectivity index (χ0) is 16.0. The molecule has 22 heavy (non-hydrogen) atoms. The molecule has 1 aromatic rings. The molecule has 0 unspecified atom stereocenters. The van der Waals surface area contributed by atoms with Gasteiger partial charge in [0.25, 0.3) is 0 Å². The van der Waals surface area contributed by atoms with Gasteiger partial charge in [0.2, 0.25) is 0 Å². The monoisotopic (exact) mass is 441 g/mol. The third-order valence-corrected chi connectivity index (χ3v) is 2.79. The Labute approximate surface area is 154 Å². The summed E-state index contributed by atoms with van der Waals surface area (Å²) in [7, 11) is 1.58. The van der Waals surface area contributed by atoms with Crippen molar-refractivity contribution in [2.45, 2.75) is 39.8 Å². The molecule has 0 saturated heterocycles. The van der Waals surface area contributed by atoms with Gasteiger partial charge >= 0.3 is 0 Å². The second kappa shape index (κ2) is 9.29. The Morgan fingerprint density at radius 3 is 2.50 bits per heavy atom. The van der Waals surface area contributed by atoms with Gasteiger partial charge in [0.1, 0.15) is 0 Å². The van der Waals surface area contributed by atoms with E-state index in [1.165, 1.54) is 0 Å². The number of aliphatic imine (C=N–C) groups is 1. The summed E-state index contributed by atoms with van der Waals surface area (Å²) in [6.07, 6.45) is 0. The predicted molar refractivity (Wildman–Crippen MR) is 103 cm³/mol. The van der Waals surface area contributed by atoms with E-state index in [2.05, 4.69) is 10.3 Å². The van der Waals surface area contributed by atoms with Crippen molar-refractivity contribution >= 4 is 41.5 Å². The van der Waals surface area contributed by atoms with E-state index in [0.29, 0.717) is 35.6 Å². The van der Waals surface area contributed by atoms with Gasteiger partial charge in [-0.25, -0.2) is 4.99 Å². The van der Waals surface area contributed by atoms with Crippen LogP contribution in [0.1, 0.15) is 33.3 Å². The summed E-state index contributed by atoms with van der Waals surface area (Å²) in [5, 5.41) is 3.61. The van der Waals surface area contributed by atoms with Crippen LogP contribution in [0.4, 0.5) is 0 Å². The lowest BCUT2D eigenvalue weighted by molar-refractivity contribution is 0.311. The summed E-state index contributed by atoms with van der Waals surface area (Å²) in [4.78, 5) is 4.30. The molecule has 0 heterocycles. The first-order valence-electron chi connectivity index (χ1n) is 6.84. The van der Waals surface area contributed by atoms with E-state index in [1.807, 2.05) is 39.8 Å². The molecular weight excluding hydrogens is 417 g/mol. The molecule has 0 radical (unpaired) electrons. The lowest BCUT2D eigenvalue weighted by atomic mass is 10.1. The second-order valence-electron chi connectivity index (χ2n) is 5.62. The Balaban J connectivity index is 0.00000441. The van der Waals surface area contributed by atoms with Gasteiger partial charge in [0, 0.05) is 5.54 Å². The number of hydrogen-bond acceptors (Lipinski definition) is 3. The van der Waals surface area contributed by atoms with E-state index in [1.54, 1.807) is 7.11 Å². The van der Waals surface area contributed by atoms with Crippen LogP contribution in [0.2, 0.25) is 5.02 Å². The highest BCUT2D eigenvalue weighted by Crippen LogP contribution is 2.36. The van der Waals surface area contributed by atoms with Gasteiger partial charge < -0.3 is 20.5 Å². The number of nitrogens with two attached hydrogens (primary N) is 1. The molecule has 3 N–H and O–H groups in total. The highest BCUT2D eigenvalue weighted by Gasteiger charge is 2.12. The van der Waals surface area contributed by atoms with E-state index in [0.717, 1.165) is 5.56 Å². The summed E-state index contributed by atoms with van der Waals surface area (Å²) < 4.78 is 10.8. The quantitative estimate of drug-likeness (QED) is 0.416. The van der Waals surface area contributed by atoms with Crippen LogP contribution in [0.15, 0.2) is 17.1 Å². The lowest BCUT2D eigenvalue weighted by Crippen LogP contribution is -2.44. The molecule has 1 rings (SSSR count). The highest BCUT2D eigenvalue weighted by atomic mass is 127. The van der Waals surface area contributed by atoms with Crippen LogP contribution in [-0.2, 0) is 6.54 Å². The molecule has 5 nitrogen and oxygen atoms in total. The maximum absolute atomic E-state index is 6.21. The second-order valence-corrected chi connectivity index (χ2v) is 6.03. The smallest absolute Gasteiger partial charge is 0.189 e. The fourth-order valence-corrected chi connectivity index (χ4v) is 2.04. The Hall–Kier alpha value is -0.890. The summed E-state index contributed by atoms with van der Waals surface area (Å²) >= 11 is 6.21. The molecule has 0 aliphatic heterocycles. The standard InChI is InChI=1S/C15H24ClN3O2.HI/c1-6-21-13-11(16)7-10(8-12(13)20-5)9-18-14(17)19-15(2,3)4;/h7-8H,6,9H2,1-5H3,(H3,17,18,19);1H. The Morgan fingerprint density at radius 2 is 2.00 bits per heavy atom. The largest absolute Gasteiger partial charge is 0.493 e. The van der Waals surface area contributed by atoms with Crippen LogP contribution in [0, 0.1) is 0 Å². The van der Waals surface area contributed by atoms with Crippen LogP contribution in [0.25, 0.3) is 0 Å². The molecule has 126 valence electrons. The van der Waals surface area contributed by atoms with Gasteiger partial charge in [-0.2, -0.15) is 0 Å². The molecule has 0 spiro atoms. The van der Waals surface area contributed by atoms with Gasteiger partial charge in [0.15, 0.2) is 17.5 Å². The topological polar surface area (TPSA) is 68.9 Å². The molecule has 0 saturated carbocycles. The van der Waals surface area contributed by atoms with E-state index < -0.39 is 0 Å². The Kier molecular flexibility index (Phi) is 8.92. The van der Waals surface area contributed by atoms with E-state index in [-0.39, 0.29) is 29.5 Å². The van der Waals surface area contributed by atoms with E-state index in [9.17, 15) is 0 Å². The van der Waals surface area contributed by atoms with Crippen molar-refractivity contribution in [2.24, 2.45) is 10.7 Å². The number of guanidine groups is 1. The number of ether oxygens (including phenoxy) is 2. The maximum Gasteiger partial charge on any atom is 0.189 e. The molecule has 7 heteroatoms. The van der Waals surface area contributed by atoms with Crippen molar-refractivity contribution < 1.29 is 9.47 Å². The normalized spacial score (nSPS) is 11.6. The van der Waals surface area contributed by atoms with Gasteiger partial charge in [-0.1, -0.05) is 11.6 Å². The fourth-order valence-electron chi connectivity index (χ4n) is 1.75. The zero-order valence-corrected chi connectivity index (χ0v) is 16.8. The van der Waals surface area contributed by atoms with Crippen molar-refractivity contribution in [3.05, 3.63) is 22.7 Å². The van der Waals surface area contributed by atoms with Gasteiger partial charge in [-0.05, 0) is 45.4 Å².